The molecule has 112 valence electrons. The molecule has 2 heterocycles. The van der Waals surface area contributed by atoms with Gasteiger partial charge in [0.05, 0.1) is 0 Å². The Labute approximate surface area is 122 Å². The number of anilines is 1. The largest absolute Gasteiger partial charge is 0.530 e. The summed E-state index contributed by atoms with van der Waals surface area (Å²) in [5.74, 6) is 0.741. The Morgan fingerprint density at radius 1 is 1.29 bits per heavy atom. The Morgan fingerprint density at radius 2 is 2.05 bits per heavy atom. The molecule has 2 amide bonds. The van der Waals surface area contributed by atoms with Crippen LogP contribution < -0.4 is 15.2 Å². The Kier molecular flexibility index (Phi) is 3.68. The number of hydrogen-bond donors (Lipinski definition) is 1. The molecule has 0 radical (unpaired) electrons. The minimum atomic E-state index is -1.12. The molecule has 0 aromatic heterocycles. The Bertz CT molecular complexity index is 565. The summed E-state index contributed by atoms with van der Waals surface area (Å²) in [5.41, 5.74) is 1.93. The molecule has 2 aliphatic rings. The molecule has 6 nitrogen and oxygen atoms in total. The van der Waals surface area contributed by atoms with Crippen molar-refractivity contribution >= 4 is 17.7 Å². The fourth-order valence-electron chi connectivity index (χ4n) is 2.77. The third-order valence-electron chi connectivity index (χ3n) is 3.98. The smallest absolute Gasteiger partial charge is 0.224 e. The molecule has 1 saturated heterocycles. The molecule has 1 fully saturated rings. The summed E-state index contributed by atoms with van der Waals surface area (Å²) >= 11 is 0. The molecule has 21 heavy (non-hydrogen) atoms. The lowest BCUT2D eigenvalue weighted by molar-refractivity contribution is -0.266. The van der Waals surface area contributed by atoms with Gasteiger partial charge in [-0.15, -0.1) is 0 Å². The first kappa shape index (κ1) is 13.7. The minimum absolute atomic E-state index is 0.00191. The molecule has 0 bridgehead atoms. The van der Waals surface area contributed by atoms with Crippen molar-refractivity contribution in [1.29, 1.82) is 0 Å². The highest BCUT2D eigenvalue weighted by Gasteiger charge is 2.21. The Balaban J connectivity index is 1.62. The summed E-state index contributed by atoms with van der Waals surface area (Å²) in [6.07, 6.45) is 1.46. The van der Waals surface area contributed by atoms with Gasteiger partial charge in [0.1, 0.15) is 17.9 Å². The molecule has 2 aliphatic heterocycles. The number of fused-ring (bicyclic) bond motifs is 1. The van der Waals surface area contributed by atoms with Crippen LogP contribution in [0.15, 0.2) is 18.2 Å². The van der Waals surface area contributed by atoms with E-state index in [4.69, 9.17) is 4.74 Å². The first-order valence-corrected chi connectivity index (χ1v) is 7.17. The first-order chi connectivity index (χ1) is 10.1. The summed E-state index contributed by atoms with van der Waals surface area (Å²) in [4.78, 5) is 23.5. The molecule has 6 heteroatoms. The number of benzene rings is 1. The highest BCUT2D eigenvalue weighted by Crippen LogP contribution is 2.28. The van der Waals surface area contributed by atoms with Gasteiger partial charge in [0.15, 0.2) is 0 Å². The summed E-state index contributed by atoms with van der Waals surface area (Å²) in [5, 5.41) is 13.6. The monoisotopic (exact) mass is 289 g/mol. The number of amides is 2. The molecule has 0 saturated carbocycles. The van der Waals surface area contributed by atoms with Crippen molar-refractivity contribution in [3.8, 4) is 5.75 Å². The van der Waals surface area contributed by atoms with E-state index in [1.165, 1.54) is 4.90 Å². The van der Waals surface area contributed by atoms with Crippen LogP contribution in [0, 0.1) is 0 Å². The predicted octanol–water partition coefficient (Wildman–Crippen LogP) is 0.758. The molecule has 0 spiro atoms. The summed E-state index contributed by atoms with van der Waals surface area (Å²) < 4.78 is 5.89. The van der Waals surface area contributed by atoms with Gasteiger partial charge in [-0.2, -0.15) is 0 Å². The van der Waals surface area contributed by atoms with E-state index < -0.39 is 6.09 Å². The second-order valence-electron chi connectivity index (χ2n) is 5.44. The van der Waals surface area contributed by atoms with Crippen molar-refractivity contribution in [2.24, 2.45) is 0 Å². The number of nitrogens with one attached hydrogen (secondary N) is 1. The van der Waals surface area contributed by atoms with Gasteiger partial charge < -0.3 is 24.9 Å². The van der Waals surface area contributed by atoms with Crippen LogP contribution in [0.4, 0.5) is 10.5 Å². The zero-order valence-electron chi connectivity index (χ0n) is 11.6. The Hall–Kier alpha value is -2.24. The number of piperidine rings is 1. The molecular weight excluding hydrogens is 272 g/mol. The zero-order valence-corrected chi connectivity index (χ0v) is 11.6. The SMILES string of the molecule is O=C1CCc2ccc(OC3CCN(C(=O)[O-])CC3)cc2N1. The lowest BCUT2D eigenvalue weighted by atomic mass is 10.0. The van der Waals surface area contributed by atoms with Gasteiger partial charge in [-0.05, 0) is 18.1 Å². The van der Waals surface area contributed by atoms with E-state index >= 15 is 0 Å². The third kappa shape index (κ3) is 3.09. The fraction of sp³-hybridized carbons (Fsp3) is 0.467. The fourth-order valence-corrected chi connectivity index (χ4v) is 2.77. The van der Waals surface area contributed by atoms with E-state index in [2.05, 4.69) is 5.32 Å². The summed E-state index contributed by atoms with van der Waals surface area (Å²) in [6, 6.07) is 5.72. The first-order valence-electron chi connectivity index (χ1n) is 7.17. The second-order valence-corrected chi connectivity index (χ2v) is 5.44. The van der Waals surface area contributed by atoms with Crippen molar-refractivity contribution in [2.75, 3.05) is 18.4 Å². The number of rotatable bonds is 2. The van der Waals surface area contributed by atoms with E-state index in [9.17, 15) is 14.7 Å². The number of carbonyl (C=O) groups excluding carboxylic acids is 2. The van der Waals surface area contributed by atoms with Gasteiger partial charge in [0.25, 0.3) is 0 Å². The number of likely N-dealkylation sites (tertiary alicyclic amines) is 1. The average molecular weight is 289 g/mol. The topological polar surface area (TPSA) is 81.7 Å². The number of ether oxygens (including phenoxy) is 1. The molecule has 0 aliphatic carbocycles. The van der Waals surface area contributed by atoms with Gasteiger partial charge >= 0.3 is 0 Å². The lowest BCUT2D eigenvalue weighted by Crippen LogP contribution is -2.47. The van der Waals surface area contributed by atoms with E-state index in [-0.39, 0.29) is 12.0 Å². The van der Waals surface area contributed by atoms with E-state index in [1.807, 2.05) is 18.2 Å². The molecular formula is C15H17N2O4-. The normalized spacial score (nSPS) is 18.9. The van der Waals surface area contributed by atoms with Crippen molar-refractivity contribution in [1.82, 2.24) is 4.90 Å². The number of carboxylic acid groups (broad SMARTS) is 1. The number of nitrogens with zero attached hydrogens (tertiary/aromatic N) is 1. The van der Waals surface area contributed by atoms with Crippen molar-refractivity contribution in [3.63, 3.8) is 0 Å². The lowest BCUT2D eigenvalue weighted by Gasteiger charge is -2.33. The van der Waals surface area contributed by atoms with Gasteiger partial charge in [-0.3, -0.25) is 4.79 Å². The van der Waals surface area contributed by atoms with E-state index in [0.29, 0.717) is 38.1 Å². The standard InChI is InChI=1S/C15H18N2O4/c18-14-4-2-10-1-3-12(9-13(10)16-14)21-11-5-7-17(8-6-11)15(19)20/h1,3,9,11H,2,4-8H2,(H,16,18)(H,19,20)/p-1. The van der Waals surface area contributed by atoms with E-state index in [0.717, 1.165) is 17.7 Å². The van der Waals surface area contributed by atoms with Crippen LogP contribution in [0.2, 0.25) is 0 Å². The third-order valence-corrected chi connectivity index (χ3v) is 3.98. The van der Waals surface area contributed by atoms with Crippen molar-refractivity contribution in [3.05, 3.63) is 23.8 Å². The van der Waals surface area contributed by atoms with Crippen molar-refractivity contribution in [2.45, 2.75) is 31.8 Å². The van der Waals surface area contributed by atoms with Crippen LogP contribution in [0.5, 0.6) is 5.75 Å². The highest BCUT2D eigenvalue weighted by molar-refractivity contribution is 5.94. The quantitative estimate of drug-likeness (QED) is 0.871. The minimum Gasteiger partial charge on any atom is -0.530 e. The number of hydrogen-bond acceptors (Lipinski definition) is 4. The van der Waals surface area contributed by atoms with Gasteiger partial charge in [0.2, 0.25) is 5.91 Å². The van der Waals surface area contributed by atoms with Crippen LogP contribution in [0.25, 0.3) is 0 Å². The van der Waals surface area contributed by atoms with Crippen LogP contribution in [-0.2, 0) is 11.2 Å². The van der Waals surface area contributed by atoms with Crippen LogP contribution in [0.3, 0.4) is 0 Å². The van der Waals surface area contributed by atoms with Crippen LogP contribution in [0.1, 0.15) is 24.8 Å². The summed E-state index contributed by atoms with van der Waals surface area (Å²) in [7, 11) is 0. The van der Waals surface area contributed by atoms with Gasteiger partial charge in [0, 0.05) is 44.1 Å². The zero-order chi connectivity index (χ0) is 14.8. The van der Waals surface area contributed by atoms with Crippen molar-refractivity contribution < 1.29 is 19.4 Å². The highest BCUT2D eigenvalue weighted by atomic mass is 16.5. The molecule has 1 N–H and O–H groups in total. The molecule has 0 atom stereocenters. The summed E-state index contributed by atoms with van der Waals surface area (Å²) in [6.45, 7) is 0.878. The van der Waals surface area contributed by atoms with Crippen LogP contribution in [-0.4, -0.2) is 36.1 Å². The number of aryl methyl sites for hydroxylation is 1. The Morgan fingerprint density at radius 3 is 2.76 bits per heavy atom. The van der Waals surface area contributed by atoms with E-state index in [1.54, 1.807) is 0 Å². The second kappa shape index (κ2) is 5.63. The molecule has 1 aromatic carbocycles. The maximum atomic E-state index is 11.4. The van der Waals surface area contributed by atoms with Gasteiger partial charge in [-0.25, -0.2) is 0 Å². The molecule has 3 rings (SSSR count). The molecule has 1 aromatic rings. The maximum Gasteiger partial charge on any atom is 0.224 e. The predicted molar refractivity (Wildman–Crippen MR) is 74.0 cm³/mol. The molecule has 0 unspecified atom stereocenters. The number of carbonyl (C=O) groups is 2. The van der Waals surface area contributed by atoms with Gasteiger partial charge in [-0.1, -0.05) is 6.07 Å². The maximum absolute atomic E-state index is 11.4. The average Bonchev–Trinajstić information content (AvgIpc) is 2.47. The van der Waals surface area contributed by atoms with Crippen LogP contribution >= 0.6 is 0 Å².